The van der Waals surface area contributed by atoms with Crippen molar-refractivity contribution in [3.8, 4) is 0 Å². The molecule has 0 aromatic heterocycles. The van der Waals surface area contributed by atoms with Crippen LogP contribution in [0.15, 0.2) is 46.9 Å². The minimum Gasteiger partial charge on any atom is -0.341 e. The molecule has 1 heterocycles. The fourth-order valence-corrected chi connectivity index (χ4v) is 3.27. The summed E-state index contributed by atoms with van der Waals surface area (Å²) in [5, 5.41) is 0. The zero-order valence-electron chi connectivity index (χ0n) is 11.6. The lowest BCUT2D eigenvalue weighted by molar-refractivity contribution is 0.751. The van der Waals surface area contributed by atoms with Crippen molar-refractivity contribution in [2.24, 2.45) is 5.73 Å². The molecule has 2 aromatic carbocycles. The van der Waals surface area contributed by atoms with Gasteiger partial charge in [-0.1, -0.05) is 40.2 Å². The van der Waals surface area contributed by atoms with E-state index in [1.807, 2.05) is 6.92 Å². The highest BCUT2D eigenvalue weighted by atomic mass is 79.9. The number of para-hydroxylation sites is 1. The quantitative estimate of drug-likeness (QED) is 0.874. The van der Waals surface area contributed by atoms with Gasteiger partial charge in [0.05, 0.1) is 0 Å². The normalized spacial score (nSPS) is 15.8. The molecule has 2 nitrogen and oxygen atoms in total. The average molecular weight is 331 g/mol. The van der Waals surface area contributed by atoms with Crippen LogP contribution in [0.25, 0.3) is 0 Å². The fourth-order valence-electron chi connectivity index (χ4n) is 2.92. The lowest BCUT2D eigenvalue weighted by Gasteiger charge is -2.33. The molecule has 1 atom stereocenters. The molecule has 0 saturated heterocycles. The number of anilines is 2. The molecule has 3 heteroatoms. The van der Waals surface area contributed by atoms with Gasteiger partial charge in [0.2, 0.25) is 0 Å². The molecule has 0 fully saturated rings. The highest BCUT2D eigenvalue weighted by Crippen LogP contribution is 2.37. The number of benzene rings is 2. The number of nitrogens with zero attached hydrogens (tertiary/aromatic N) is 1. The Morgan fingerprint density at radius 1 is 1.15 bits per heavy atom. The molecule has 1 aliphatic heterocycles. The van der Waals surface area contributed by atoms with E-state index in [4.69, 9.17) is 5.73 Å². The van der Waals surface area contributed by atoms with Gasteiger partial charge in [0, 0.05) is 28.4 Å². The van der Waals surface area contributed by atoms with Crippen LogP contribution >= 0.6 is 15.9 Å². The van der Waals surface area contributed by atoms with Crippen LogP contribution < -0.4 is 10.6 Å². The van der Waals surface area contributed by atoms with Crippen LogP contribution in [0.4, 0.5) is 11.4 Å². The monoisotopic (exact) mass is 330 g/mol. The summed E-state index contributed by atoms with van der Waals surface area (Å²) in [5.74, 6) is 0. The summed E-state index contributed by atoms with van der Waals surface area (Å²) in [6.07, 6.45) is 2.34. The lowest BCUT2D eigenvalue weighted by Crippen LogP contribution is -2.26. The van der Waals surface area contributed by atoms with Crippen molar-refractivity contribution in [2.45, 2.75) is 25.8 Å². The third-order valence-corrected chi connectivity index (χ3v) is 4.38. The van der Waals surface area contributed by atoms with Gasteiger partial charge in [0.25, 0.3) is 0 Å². The van der Waals surface area contributed by atoms with E-state index in [2.05, 4.69) is 63.3 Å². The maximum Gasteiger partial charge on any atom is 0.0470 e. The molecule has 0 amide bonds. The summed E-state index contributed by atoms with van der Waals surface area (Å²) in [6.45, 7) is 3.09. The summed E-state index contributed by atoms with van der Waals surface area (Å²) in [5.41, 5.74) is 11.3. The Hall–Kier alpha value is -1.32. The first-order valence-corrected chi connectivity index (χ1v) is 7.86. The molecule has 3 rings (SSSR count). The summed E-state index contributed by atoms with van der Waals surface area (Å²) >= 11 is 3.58. The van der Waals surface area contributed by atoms with Gasteiger partial charge in [0.1, 0.15) is 0 Å². The Bertz CT molecular complexity index is 622. The van der Waals surface area contributed by atoms with E-state index in [0.29, 0.717) is 0 Å². The Morgan fingerprint density at radius 3 is 2.75 bits per heavy atom. The van der Waals surface area contributed by atoms with E-state index < -0.39 is 0 Å². The van der Waals surface area contributed by atoms with Crippen molar-refractivity contribution in [1.29, 1.82) is 0 Å². The SMILES string of the molecule is CC(N)c1ccc(Br)cc1N1CCCc2ccccc21. The molecule has 20 heavy (non-hydrogen) atoms. The maximum absolute atomic E-state index is 6.15. The number of halogens is 1. The second kappa shape index (κ2) is 5.58. The number of fused-ring (bicyclic) bond motifs is 1. The number of hydrogen-bond donors (Lipinski definition) is 1. The fraction of sp³-hybridized carbons (Fsp3) is 0.294. The molecule has 0 aliphatic carbocycles. The maximum atomic E-state index is 6.15. The molecule has 2 N–H and O–H groups in total. The summed E-state index contributed by atoms with van der Waals surface area (Å²) in [7, 11) is 0. The number of nitrogens with two attached hydrogens (primary N) is 1. The van der Waals surface area contributed by atoms with Gasteiger partial charge in [-0.3, -0.25) is 0 Å². The zero-order valence-corrected chi connectivity index (χ0v) is 13.2. The summed E-state index contributed by atoms with van der Waals surface area (Å²) in [4.78, 5) is 2.41. The second-order valence-corrected chi connectivity index (χ2v) is 6.29. The van der Waals surface area contributed by atoms with Crippen LogP contribution in [0.5, 0.6) is 0 Å². The largest absolute Gasteiger partial charge is 0.341 e. The molecule has 0 saturated carbocycles. The van der Waals surface area contributed by atoms with E-state index in [-0.39, 0.29) is 6.04 Å². The van der Waals surface area contributed by atoms with Gasteiger partial charge in [0.15, 0.2) is 0 Å². The van der Waals surface area contributed by atoms with Crippen LogP contribution in [0.3, 0.4) is 0 Å². The van der Waals surface area contributed by atoms with Gasteiger partial charge in [-0.2, -0.15) is 0 Å². The molecule has 1 unspecified atom stereocenters. The second-order valence-electron chi connectivity index (χ2n) is 5.38. The molecule has 0 bridgehead atoms. The smallest absolute Gasteiger partial charge is 0.0470 e. The lowest BCUT2D eigenvalue weighted by atomic mass is 9.98. The van der Waals surface area contributed by atoms with Crippen LogP contribution in [0.1, 0.15) is 30.5 Å². The van der Waals surface area contributed by atoms with Gasteiger partial charge in [-0.05, 0) is 49.1 Å². The van der Waals surface area contributed by atoms with Crippen LogP contribution in [0, 0.1) is 0 Å². The Labute approximate surface area is 128 Å². The van der Waals surface area contributed by atoms with Crippen molar-refractivity contribution in [3.63, 3.8) is 0 Å². The van der Waals surface area contributed by atoms with Crippen LogP contribution in [-0.4, -0.2) is 6.54 Å². The van der Waals surface area contributed by atoms with E-state index in [1.54, 1.807) is 0 Å². The van der Waals surface area contributed by atoms with Crippen molar-refractivity contribution in [1.82, 2.24) is 0 Å². The standard InChI is InChI=1S/C17H19BrN2/c1-12(19)15-9-8-14(18)11-17(15)20-10-4-6-13-5-2-3-7-16(13)20/h2-3,5,7-9,11-12H,4,6,10,19H2,1H3. The first kappa shape index (κ1) is 13.7. The summed E-state index contributed by atoms with van der Waals surface area (Å²) < 4.78 is 1.10. The Kier molecular flexibility index (Phi) is 3.81. The number of aryl methyl sites for hydroxylation is 1. The molecule has 0 radical (unpaired) electrons. The predicted molar refractivity (Wildman–Crippen MR) is 88.5 cm³/mol. The Balaban J connectivity index is 2.12. The van der Waals surface area contributed by atoms with Crippen molar-refractivity contribution in [2.75, 3.05) is 11.4 Å². The third-order valence-electron chi connectivity index (χ3n) is 3.88. The van der Waals surface area contributed by atoms with Crippen molar-refractivity contribution < 1.29 is 0 Å². The van der Waals surface area contributed by atoms with E-state index >= 15 is 0 Å². The highest BCUT2D eigenvalue weighted by Gasteiger charge is 2.21. The minimum atomic E-state index is 0.0344. The van der Waals surface area contributed by atoms with Gasteiger partial charge in [-0.25, -0.2) is 0 Å². The molecule has 1 aliphatic rings. The minimum absolute atomic E-state index is 0.0344. The molecular formula is C17H19BrN2. The van der Waals surface area contributed by atoms with Gasteiger partial charge in [-0.15, -0.1) is 0 Å². The van der Waals surface area contributed by atoms with Crippen LogP contribution in [0.2, 0.25) is 0 Å². The number of hydrogen-bond acceptors (Lipinski definition) is 2. The van der Waals surface area contributed by atoms with E-state index in [0.717, 1.165) is 17.4 Å². The Morgan fingerprint density at radius 2 is 1.95 bits per heavy atom. The zero-order chi connectivity index (χ0) is 14.1. The number of rotatable bonds is 2. The van der Waals surface area contributed by atoms with E-state index in [9.17, 15) is 0 Å². The van der Waals surface area contributed by atoms with Crippen molar-refractivity contribution in [3.05, 3.63) is 58.1 Å². The summed E-state index contributed by atoms with van der Waals surface area (Å²) in [6, 6.07) is 15.1. The topological polar surface area (TPSA) is 29.3 Å². The van der Waals surface area contributed by atoms with Crippen LogP contribution in [-0.2, 0) is 6.42 Å². The molecular weight excluding hydrogens is 312 g/mol. The predicted octanol–water partition coefficient (Wildman–Crippen LogP) is 4.55. The highest BCUT2D eigenvalue weighted by molar-refractivity contribution is 9.10. The first-order chi connectivity index (χ1) is 9.66. The van der Waals surface area contributed by atoms with E-state index in [1.165, 1.54) is 28.9 Å². The molecule has 104 valence electrons. The van der Waals surface area contributed by atoms with Gasteiger partial charge >= 0.3 is 0 Å². The first-order valence-electron chi connectivity index (χ1n) is 7.07. The van der Waals surface area contributed by atoms with Gasteiger partial charge < -0.3 is 10.6 Å². The molecule has 0 spiro atoms. The molecule has 2 aromatic rings. The average Bonchev–Trinajstić information content (AvgIpc) is 2.46. The third kappa shape index (κ3) is 2.48. The van der Waals surface area contributed by atoms with Crippen molar-refractivity contribution >= 4 is 27.3 Å².